The molecule has 5 nitrogen and oxygen atoms in total. The largest absolute Gasteiger partial charge is 0.409 e. The second-order valence-electron chi connectivity index (χ2n) is 5.42. The van der Waals surface area contributed by atoms with Crippen molar-refractivity contribution in [1.82, 2.24) is 4.90 Å². The lowest BCUT2D eigenvalue weighted by molar-refractivity contribution is 0.170. The first-order chi connectivity index (χ1) is 9.43. The van der Waals surface area contributed by atoms with E-state index in [-0.39, 0.29) is 5.84 Å². The van der Waals surface area contributed by atoms with Crippen LogP contribution in [-0.4, -0.2) is 48.2 Å². The Kier molecular flexibility index (Phi) is 4.40. The molecule has 110 valence electrons. The van der Waals surface area contributed by atoms with Gasteiger partial charge in [-0.15, -0.1) is 0 Å². The summed E-state index contributed by atoms with van der Waals surface area (Å²) in [6.45, 7) is 6.15. The molecule has 0 aliphatic carbocycles. The number of oxime groups is 1. The molecule has 2 atom stereocenters. The number of piperazine rings is 1. The zero-order valence-electron chi connectivity index (χ0n) is 12.0. The van der Waals surface area contributed by atoms with Crippen LogP contribution in [0.4, 0.5) is 5.69 Å². The van der Waals surface area contributed by atoms with Gasteiger partial charge in [0, 0.05) is 41.4 Å². The fourth-order valence-corrected chi connectivity index (χ4v) is 2.80. The number of amidine groups is 1. The SMILES string of the molecule is CC1CN(c2cc(Cl)ccc2/C(N)=N/O)CC(C)N1C. The minimum atomic E-state index is 0.107. The number of likely N-dealkylation sites (N-methyl/N-ethyl adjacent to an activating group) is 1. The van der Waals surface area contributed by atoms with Crippen molar-refractivity contribution in [2.24, 2.45) is 10.9 Å². The molecule has 0 bridgehead atoms. The van der Waals surface area contributed by atoms with Gasteiger partial charge >= 0.3 is 0 Å². The van der Waals surface area contributed by atoms with Crippen LogP contribution >= 0.6 is 11.6 Å². The highest BCUT2D eigenvalue weighted by Crippen LogP contribution is 2.28. The zero-order chi connectivity index (χ0) is 14.9. The van der Waals surface area contributed by atoms with E-state index in [9.17, 15) is 0 Å². The second kappa shape index (κ2) is 5.89. The van der Waals surface area contributed by atoms with E-state index in [1.54, 1.807) is 12.1 Å². The van der Waals surface area contributed by atoms with Gasteiger partial charge in [0.1, 0.15) is 0 Å². The fourth-order valence-electron chi connectivity index (χ4n) is 2.64. The number of benzene rings is 1. The molecule has 20 heavy (non-hydrogen) atoms. The van der Waals surface area contributed by atoms with Crippen molar-refractivity contribution in [3.05, 3.63) is 28.8 Å². The normalized spacial score (nSPS) is 25.0. The Morgan fingerprint density at radius 3 is 2.50 bits per heavy atom. The highest BCUT2D eigenvalue weighted by atomic mass is 35.5. The molecule has 1 fully saturated rings. The molecule has 6 heteroatoms. The minimum absolute atomic E-state index is 0.107. The molecule has 1 aliphatic rings. The summed E-state index contributed by atoms with van der Waals surface area (Å²) in [4.78, 5) is 4.60. The Labute approximate surface area is 124 Å². The Hall–Kier alpha value is -1.46. The lowest BCUT2D eigenvalue weighted by atomic mass is 10.1. The Morgan fingerprint density at radius 1 is 1.35 bits per heavy atom. The summed E-state index contributed by atoms with van der Waals surface area (Å²) in [6, 6.07) is 6.28. The van der Waals surface area contributed by atoms with Crippen LogP contribution in [0.2, 0.25) is 5.02 Å². The maximum Gasteiger partial charge on any atom is 0.172 e. The van der Waals surface area contributed by atoms with Crippen molar-refractivity contribution in [2.75, 3.05) is 25.0 Å². The third-order valence-corrected chi connectivity index (χ3v) is 4.28. The standard InChI is InChI=1S/C14H21ClN4O/c1-9-7-19(8-10(2)18(9)3)13-6-11(15)4-5-12(13)14(16)17-20/h4-6,9-10,20H,7-8H2,1-3H3,(H2,16,17). The summed E-state index contributed by atoms with van der Waals surface area (Å²) in [6.07, 6.45) is 0. The molecule has 1 aliphatic heterocycles. The van der Waals surface area contributed by atoms with E-state index in [0.29, 0.717) is 22.7 Å². The fraction of sp³-hybridized carbons (Fsp3) is 0.500. The number of nitrogens with zero attached hydrogens (tertiary/aromatic N) is 3. The van der Waals surface area contributed by atoms with Gasteiger partial charge in [0.05, 0.1) is 0 Å². The van der Waals surface area contributed by atoms with Crippen LogP contribution in [0.25, 0.3) is 0 Å². The predicted octanol–water partition coefficient (Wildman–Crippen LogP) is 1.96. The van der Waals surface area contributed by atoms with Crippen molar-refractivity contribution < 1.29 is 5.21 Å². The highest BCUT2D eigenvalue weighted by molar-refractivity contribution is 6.31. The molecule has 2 unspecified atom stereocenters. The predicted molar refractivity (Wildman–Crippen MR) is 82.9 cm³/mol. The van der Waals surface area contributed by atoms with Crippen molar-refractivity contribution in [3.63, 3.8) is 0 Å². The topological polar surface area (TPSA) is 65.1 Å². The second-order valence-corrected chi connectivity index (χ2v) is 5.85. The molecule has 1 aromatic rings. The Morgan fingerprint density at radius 2 is 1.95 bits per heavy atom. The van der Waals surface area contributed by atoms with Crippen molar-refractivity contribution >= 4 is 23.1 Å². The van der Waals surface area contributed by atoms with Crippen LogP contribution in [-0.2, 0) is 0 Å². The summed E-state index contributed by atoms with van der Waals surface area (Å²) in [5.41, 5.74) is 7.39. The third kappa shape index (κ3) is 2.83. The van der Waals surface area contributed by atoms with Crippen LogP contribution in [0, 0.1) is 0 Å². The molecule has 0 spiro atoms. The van der Waals surface area contributed by atoms with Gasteiger partial charge < -0.3 is 15.8 Å². The number of rotatable bonds is 2. The van der Waals surface area contributed by atoms with Gasteiger partial charge in [-0.25, -0.2) is 0 Å². The van der Waals surface area contributed by atoms with Crippen LogP contribution in [0.5, 0.6) is 0 Å². The molecule has 0 saturated carbocycles. The van der Waals surface area contributed by atoms with E-state index in [4.69, 9.17) is 22.5 Å². The first-order valence-electron chi connectivity index (χ1n) is 6.68. The molecule has 0 amide bonds. The lowest BCUT2D eigenvalue weighted by Gasteiger charge is -2.44. The molecule has 1 saturated heterocycles. The molecular weight excluding hydrogens is 276 g/mol. The minimum Gasteiger partial charge on any atom is -0.409 e. The number of hydrogen-bond donors (Lipinski definition) is 2. The quantitative estimate of drug-likeness (QED) is 0.379. The van der Waals surface area contributed by atoms with E-state index in [2.05, 4.69) is 35.9 Å². The lowest BCUT2D eigenvalue weighted by Crippen LogP contribution is -2.55. The van der Waals surface area contributed by atoms with Gasteiger partial charge in [0.15, 0.2) is 5.84 Å². The number of hydrogen-bond acceptors (Lipinski definition) is 4. The Bertz CT molecular complexity index is 508. The highest BCUT2D eigenvalue weighted by Gasteiger charge is 2.28. The first kappa shape index (κ1) is 14.9. The molecule has 1 heterocycles. The Balaban J connectivity index is 2.39. The number of nitrogens with two attached hydrogens (primary N) is 1. The summed E-state index contributed by atoms with van der Waals surface area (Å²) < 4.78 is 0. The summed E-state index contributed by atoms with van der Waals surface area (Å²) in [5, 5.41) is 12.7. The average molecular weight is 297 g/mol. The molecule has 3 N–H and O–H groups in total. The average Bonchev–Trinajstić information content (AvgIpc) is 2.43. The maximum atomic E-state index is 8.93. The summed E-state index contributed by atoms with van der Waals surface area (Å²) in [7, 11) is 2.13. The van der Waals surface area contributed by atoms with Gasteiger partial charge in [0.25, 0.3) is 0 Å². The molecule has 0 radical (unpaired) electrons. The van der Waals surface area contributed by atoms with Gasteiger partial charge in [-0.1, -0.05) is 16.8 Å². The van der Waals surface area contributed by atoms with Gasteiger partial charge in [-0.05, 0) is 39.1 Å². The van der Waals surface area contributed by atoms with Crippen LogP contribution in [0.1, 0.15) is 19.4 Å². The summed E-state index contributed by atoms with van der Waals surface area (Å²) >= 11 is 6.11. The molecule has 0 aromatic heterocycles. The van der Waals surface area contributed by atoms with Crippen molar-refractivity contribution in [1.29, 1.82) is 0 Å². The molecular formula is C14H21ClN4O. The third-order valence-electron chi connectivity index (χ3n) is 4.04. The van der Waals surface area contributed by atoms with E-state index in [1.807, 2.05) is 6.07 Å². The zero-order valence-corrected chi connectivity index (χ0v) is 12.8. The van der Waals surface area contributed by atoms with Gasteiger partial charge in [-0.3, -0.25) is 4.90 Å². The smallest absolute Gasteiger partial charge is 0.172 e. The number of halogens is 1. The van der Waals surface area contributed by atoms with E-state index in [0.717, 1.165) is 18.8 Å². The van der Waals surface area contributed by atoms with E-state index < -0.39 is 0 Å². The van der Waals surface area contributed by atoms with Crippen molar-refractivity contribution in [3.8, 4) is 0 Å². The van der Waals surface area contributed by atoms with Crippen LogP contribution < -0.4 is 10.6 Å². The maximum absolute atomic E-state index is 8.93. The van der Waals surface area contributed by atoms with E-state index >= 15 is 0 Å². The number of anilines is 1. The van der Waals surface area contributed by atoms with Gasteiger partial charge in [-0.2, -0.15) is 0 Å². The monoisotopic (exact) mass is 296 g/mol. The van der Waals surface area contributed by atoms with E-state index in [1.165, 1.54) is 0 Å². The summed E-state index contributed by atoms with van der Waals surface area (Å²) in [5.74, 6) is 0.107. The van der Waals surface area contributed by atoms with Crippen molar-refractivity contribution in [2.45, 2.75) is 25.9 Å². The molecule has 2 rings (SSSR count). The first-order valence-corrected chi connectivity index (χ1v) is 7.06. The molecule has 1 aromatic carbocycles. The van der Waals surface area contributed by atoms with Crippen LogP contribution in [0.3, 0.4) is 0 Å². The van der Waals surface area contributed by atoms with Crippen LogP contribution in [0.15, 0.2) is 23.4 Å². The van der Waals surface area contributed by atoms with Gasteiger partial charge in [0.2, 0.25) is 0 Å².